The number of hydrogen-bond acceptors (Lipinski definition) is 5. The van der Waals surface area contributed by atoms with E-state index in [-0.39, 0.29) is 24.7 Å². The van der Waals surface area contributed by atoms with E-state index in [4.69, 9.17) is 14.9 Å². The molecule has 0 saturated carbocycles. The number of benzene rings is 1. The number of aromatic hydroxyl groups is 2. The summed E-state index contributed by atoms with van der Waals surface area (Å²) in [6.45, 7) is 2.02. The molecule has 102 valence electrons. The standard InChI is InChI=1S/C13H20O5/c1-2-12-9(5-10(15)6-13(12)17)3-4-18-8-11(16)7-14/h5-6,11,14-17H,2-4,7-8H2,1H3. The van der Waals surface area contributed by atoms with Crippen molar-refractivity contribution in [2.75, 3.05) is 19.8 Å². The molecule has 18 heavy (non-hydrogen) atoms. The highest BCUT2D eigenvalue weighted by molar-refractivity contribution is 5.45. The Morgan fingerprint density at radius 2 is 2.00 bits per heavy atom. The van der Waals surface area contributed by atoms with Gasteiger partial charge in [-0.2, -0.15) is 0 Å². The van der Waals surface area contributed by atoms with Gasteiger partial charge in [0.2, 0.25) is 0 Å². The number of aliphatic hydroxyl groups excluding tert-OH is 2. The molecule has 0 saturated heterocycles. The molecule has 0 aromatic heterocycles. The summed E-state index contributed by atoms with van der Waals surface area (Å²) in [5, 5.41) is 36.8. The Morgan fingerprint density at radius 1 is 1.28 bits per heavy atom. The van der Waals surface area contributed by atoms with Crippen LogP contribution in [0.4, 0.5) is 0 Å². The molecule has 0 bridgehead atoms. The smallest absolute Gasteiger partial charge is 0.122 e. The van der Waals surface area contributed by atoms with E-state index in [1.165, 1.54) is 6.07 Å². The molecule has 0 radical (unpaired) electrons. The van der Waals surface area contributed by atoms with Crippen LogP contribution in [-0.2, 0) is 17.6 Å². The molecule has 1 unspecified atom stereocenters. The molecule has 0 aliphatic heterocycles. The average Bonchev–Trinajstić information content (AvgIpc) is 2.33. The number of phenols is 2. The second-order valence-corrected chi connectivity index (χ2v) is 4.12. The molecule has 0 amide bonds. The fourth-order valence-corrected chi connectivity index (χ4v) is 1.78. The average molecular weight is 256 g/mol. The predicted octanol–water partition coefficient (Wildman–Crippen LogP) is 0.572. The monoisotopic (exact) mass is 256 g/mol. The number of ether oxygens (including phenoxy) is 1. The number of phenolic OH excluding ortho intramolecular Hbond substituents is 2. The van der Waals surface area contributed by atoms with Gasteiger partial charge in [-0.15, -0.1) is 0 Å². The molecule has 5 nitrogen and oxygen atoms in total. The Hall–Kier alpha value is -1.30. The summed E-state index contributed by atoms with van der Waals surface area (Å²) in [4.78, 5) is 0. The van der Waals surface area contributed by atoms with Crippen molar-refractivity contribution >= 4 is 0 Å². The second kappa shape index (κ2) is 7.20. The highest BCUT2D eigenvalue weighted by atomic mass is 16.5. The van der Waals surface area contributed by atoms with Gasteiger partial charge in [0.25, 0.3) is 0 Å². The Labute approximate surface area is 106 Å². The molecule has 4 N–H and O–H groups in total. The zero-order chi connectivity index (χ0) is 13.5. The second-order valence-electron chi connectivity index (χ2n) is 4.12. The molecule has 0 fully saturated rings. The highest BCUT2D eigenvalue weighted by Gasteiger charge is 2.09. The van der Waals surface area contributed by atoms with Crippen LogP contribution in [0.3, 0.4) is 0 Å². The molecule has 1 atom stereocenters. The lowest BCUT2D eigenvalue weighted by Gasteiger charge is -2.12. The molecule has 0 aliphatic carbocycles. The maximum atomic E-state index is 9.68. The first-order valence-corrected chi connectivity index (χ1v) is 5.98. The summed E-state index contributed by atoms with van der Waals surface area (Å²) in [5.41, 5.74) is 1.62. The molecule has 0 spiro atoms. The van der Waals surface area contributed by atoms with Crippen LogP contribution in [0, 0.1) is 0 Å². The Kier molecular flexibility index (Phi) is 5.91. The fraction of sp³-hybridized carbons (Fsp3) is 0.538. The largest absolute Gasteiger partial charge is 0.508 e. The molecule has 0 aliphatic rings. The van der Waals surface area contributed by atoms with E-state index in [2.05, 4.69) is 0 Å². The van der Waals surface area contributed by atoms with E-state index in [9.17, 15) is 10.2 Å². The van der Waals surface area contributed by atoms with Crippen molar-refractivity contribution in [1.29, 1.82) is 0 Å². The number of rotatable bonds is 7. The summed E-state index contributed by atoms with van der Waals surface area (Å²) < 4.78 is 5.20. The quantitative estimate of drug-likeness (QED) is 0.536. The van der Waals surface area contributed by atoms with E-state index >= 15 is 0 Å². The van der Waals surface area contributed by atoms with Gasteiger partial charge < -0.3 is 25.2 Å². The zero-order valence-corrected chi connectivity index (χ0v) is 10.5. The van der Waals surface area contributed by atoms with Crippen LogP contribution in [0.2, 0.25) is 0 Å². The summed E-state index contributed by atoms with van der Waals surface area (Å²) in [6, 6.07) is 2.92. The predicted molar refractivity (Wildman–Crippen MR) is 66.8 cm³/mol. The lowest BCUT2D eigenvalue weighted by atomic mass is 10.0. The van der Waals surface area contributed by atoms with Crippen molar-refractivity contribution in [2.45, 2.75) is 25.9 Å². The normalized spacial score (nSPS) is 12.6. The minimum atomic E-state index is -0.867. The van der Waals surface area contributed by atoms with E-state index in [0.717, 1.165) is 11.1 Å². The fourth-order valence-electron chi connectivity index (χ4n) is 1.78. The van der Waals surface area contributed by atoms with Gasteiger partial charge in [0, 0.05) is 6.07 Å². The van der Waals surface area contributed by atoms with Crippen molar-refractivity contribution in [1.82, 2.24) is 0 Å². The van der Waals surface area contributed by atoms with E-state index in [1.807, 2.05) is 6.92 Å². The summed E-state index contributed by atoms with van der Waals surface area (Å²) >= 11 is 0. The summed E-state index contributed by atoms with van der Waals surface area (Å²) in [5.74, 6) is 0.109. The van der Waals surface area contributed by atoms with Crippen molar-refractivity contribution in [3.05, 3.63) is 23.3 Å². The molecular formula is C13H20O5. The van der Waals surface area contributed by atoms with Gasteiger partial charge in [-0.3, -0.25) is 0 Å². The highest BCUT2D eigenvalue weighted by Crippen LogP contribution is 2.27. The van der Waals surface area contributed by atoms with Crippen LogP contribution in [0.5, 0.6) is 11.5 Å². The van der Waals surface area contributed by atoms with Crippen molar-refractivity contribution in [3.8, 4) is 11.5 Å². The van der Waals surface area contributed by atoms with Crippen LogP contribution < -0.4 is 0 Å². The van der Waals surface area contributed by atoms with Crippen LogP contribution in [0.25, 0.3) is 0 Å². The number of hydrogen-bond donors (Lipinski definition) is 4. The minimum Gasteiger partial charge on any atom is -0.508 e. The van der Waals surface area contributed by atoms with Gasteiger partial charge in [0.05, 0.1) is 19.8 Å². The third kappa shape index (κ3) is 4.18. The number of aliphatic hydroxyl groups is 2. The van der Waals surface area contributed by atoms with Crippen molar-refractivity contribution in [2.24, 2.45) is 0 Å². The molecule has 0 heterocycles. The van der Waals surface area contributed by atoms with Gasteiger partial charge in [0.1, 0.15) is 17.6 Å². The molecule has 1 aromatic carbocycles. The van der Waals surface area contributed by atoms with E-state index in [0.29, 0.717) is 19.4 Å². The minimum absolute atomic E-state index is 0.0232. The maximum Gasteiger partial charge on any atom is 0.122 e. The molecule has 1 aromatic rings. The van der Waals surface area contributed by atoms with Crippen LogP contribution >= 0.6 is 0 Å². The SMILES string of the molecule is CCc1c(O)cc(O)cc1CCOCC(O)CO. The topological polar surface area (TPSA) is 90.2 Å². The first-order valence-electron chi connectivity index (χ1n) is 5.98. The van der Waals surface area contributed by atoms with Gasteiger partial charge in [-0.25, -0.2) is 0 Å². The lowest BCUT2D eigenvalue weighted by Crippen LogP contribution is -2.20. The van der Waals surface area contributed by atoms with Gasteiger partial charge in [0.15, 0.2) is 0 Å². The first-order chi connectivity index (χ1) is 8.58. The Balaban J connectivity index is 2.56. The van der Waals surface area contributed by atoms with Gasteiger partial charge in [-0.1, -0.05) is 6.92 Å². The van der Waals surface area contributed by atoms with Crippen LogP contribution in [0.15, 0.2) is 12.1 Å². The lowest BCUT2D eigenvalue weighted by molar-refractivity contribution is 0.00718. The molecule has 1 rings (SSSR count). The van der Waals surface area contributed by atoms with Crippen LogP contribution in [-0.4, -0.2) is 46.4 Å². The van der Waals surface area contributed by atoms with Gasteiger partial charge in [-0.05, 0) is 30.0 Å². The maximum absolute atomic E-state index is 9.68. The Bertz CT molecular complexity index is 378. The third-order valence-electron chi connectivity index (χ3n) is 2.69. The summed E-state index contributed by atoms with van der Waals surface area (Å²) in [6.07, 6.45) is 0.331. The third-order valence-corrected chi connectivity index (χ3v) is 2.69. The van der Waals surface area contributed by atoms with Crippen LogP contribution in [0.1, 0.15) is 18.1 Å². The van der Waals surface area contributed by atoms with Crippen molar-refractivity contribution < 1.29 is 25.2 Å². The first kappa shape index (κ1) is 14.8. The van der Waals surface area contributed by atoms with E-state index in [1.54, 1.807) is 6.07 Å². The summed E-state index contributed by atoms with van der Waals surface area (Å²) in [7, 11) is 0. The molecule has 5 heteroatoms. The van der Waals surface area contributed by atoms with Gasteiger partial charge >= 0.3 is 0 Å². The van der Waals surface area contributed by atoms with Crippen molar-refractivity contribution in [3.63, 3.8) is 0 Å². The van der Waals surface area contributed by atoms with E-state index < -0.39 is 6.10 Å². The zero-order valence-electron chi connectivity index (χ0n) is 10.5. The molecular weight excluding hydrogens is 236 g/mol. The Morgan fingerprint density at radius 3 is 2.61 bits per heavy atom.